The number of amides is 1. The summed E-state index contributed by atoms with van der Waals surface area (Å²) in [4.78, 5) is 16.7. The summed E-state index contributed by atoms with van der Waals surface area (Å²) in [5.74, 6) is 0.0783. The van der Waals surface area contributed by atoms with Crippen molar-refractivity contribution in [3.05, 3.63) is 0 Å². The van der Waals surface area contributed by atoms with E-state index >= 15 is 0 Å². The molecule has 6 nitrogen and oxygen atoms in total. The summed E-state index contributed by atoms with van der Waals surface area (Å²) in [6.45, 7) is 6.33. The number of aliphatic hydroxyl groups excluding tert-OH is 1. The molecule has 4 atom stereocenters. The molecule has 0 aromatic carbocycles. The van der Waals surface area contributed by atoms with Gasteiger partial charge in [-0.3, -0.25) is 9.69 Å². The van der Waals surface area contributed by atoms with Gasteiger partial charge in [0, 0.05) is 38.8 Å². The van der Waals surface area contributed by atoms with Crippen LogP contribution in [0.4, 0.5) is 0 Å². The zero-order chi connectivity index (χ0) is 16.2. The standard InChI is InChI=1S/C17H30N2O4/c1-13(23-12-14-4-3-11-22-14)17(21)19-9-7-18(8-10-19)15-5-2-6-16(15)20/h13-16,20H,2-12H2,1H3/t13-,14-,15+,16+/m0/s1. The lowest BCUT2D eigenvalue weighted by Gasteiger charge is -2.39. The molecule has 132 valence electrons. The number of ether oxygens (including phenoxy) is 2. The third kappa shape index (κ3) is 4.24. The number of carbonyl (C=O) groups is 1. The Morgan fingerprint density at radius 2 is 2.00 bits per heavy atom. The van der Waals surface area contributed by atoms with Crippen molar-refractivity contribution in [1.82, 2.24) is 9.80 Å². The summed E-state index contributed by atoms with van der Waals surface area (Å²) in [7, 11) is 0. The van der Waals surface area contributed by atoms with Gasteiger partial charge in [-0.25, -0.2) is 0 Å². The highest BCUT2D eigenvalue weighted by molar-refractivity contribution is 5.80. The maximum atomic E-state index is 12.5. The number of hydrogen-bond donors (Lipinski definition) is 1. The molecule has 1 saturated carbocycles. The lowest BCUT2D eigenvalue weighted by Crippen LogP contribution is -2.55. The maximum Gasteiger partial charge on any atom is 0.251 e. The molecule has 0 aromatic rings. The molecule has 0 bridgehead atoms. The number of aliphatic hydroxyl groups is 1. The minimum Gasteiger partial charge on any atom is -0.391 e. The smallest absolute Gasteiger partial charge is 0.251 e. The highest BCUT2D eigenvalue weighted by Crippen LogP contribution is 2.25. The van der Waals surface area contributed by atoms with E-state index < -0.39 is 6.10 Å². The van der Waals surface area contributed by atoms with Gasteiger partial charge >= 0.3 is 0 Å². The van der Waals surface area contributed by atoms with Crippen molar-refractivity contribution < 1.29 is 19.4 Å². The Kier molecular flexibility index (Phi) is 5.91. The lowest BCUT2D eigenvalue weighted by atomic mass is 10.1. The van der Waals surface area contributed by atoms with Crippen LogP contribution >= 0.6 is 0 Å². The summed E-state index contributed by atoms with van der Waals surface area (Å²) < 4.78 is 11.2. The van der Waals surface area contributed by atoms with E-state index in [0.717, 1.165) is 64.9 Å². The third-order valence-corrected chi connectivity index (χ3v) is 5.44. The molecule has 2 saturated heterocycles. The van der Waals surface area contributed by atoms with E-state index in [4.69, 9.17) is 9.47 Å². The van der Waals surface area contributed by atoms with Crippen LogP contribution in [0.1, 0.15) is 39.0 Å². The van der Waals surface area contributed by atoms with Gasteiger partial charge in [0.1, 0.15) is 6.10 Å². The Labute approximate surface area is 138 Å². The van der Waals surface area contributed by atoms with E-state index in [0.29, 0.717) is 12.6 Å². The van der Waals surface area contributed by atoms with Crippen molar-refractivity contribution in [2.75, 3.05) is 39.4 Å². The molecule has 2 aliphatic heterocycles. The second-order valence-electron chi connectivity index (χ2n) is 7.04. The van der Waals surface area contributed by atoms with E-state index in [1.807, 2.05) is 11.8 Å². The van der Waals surface area contributed by atoms with Crippen molar-refractivity contribution in [3.8, 4) is 0 Å². The summed E-state index contributed by atoms with van der Waals surface area (Å²) >= 11 is 0. The maximum absolute atomic E-state index is 12.5. The number of hydrogen-bond acceptors (Lipinski definition) is 5. The Bertz CT molecular complexity index is 392. The first-order chi connectivity index (χ1) is 11.1. The Morgan fingerprint density at radius 3 is 2.61 bits per heavy atom. The summed E-state index contributed by atoms with van der Waals surface area (Å²) in [6.07, 6.45) is 4.79. The first-order valence-electron chi connectivity index (χ1n) is 9.09. The molecule has 3 fully saturated rings. The van der Waals surface area contributed by atoms with Crippen LogP contribution in [-0.4, -0.2) is 84.6 Å². The minimum atomic E-state index is -0.400. The molecular weight excluding hydrogens is 296 g/mol. The quantitative estimate of drug-likeness (QED) is 0.803. The van der Waals surface area contributed by atoms with E-state index in [1.165, 1.54) is 0 Å². The van der Waals surface area contributed by atoms with Crippen LogP contribution in [0.15, 0.2) is 0 Å². The third-order valence-electron chi connectivity index (χ3n) is 5.44. The highest BCUT2D eigenvalue weighted by Gasteiger charge is 2.34. The van der Waals surface area contributed by atoms with Crippen LogP contribution in [-0.2, 0) is 14.3 Å². The average molecular weight is 326 g/mol. The van der Waals surface area contributed by atoms with Gasteiger partial charge in [-0.15, -0.1) is 0 Å². The SMILES string of the molecule is C[C@H](OC[C@@H]1CCCO1)C(=O)N1CCN([C@@H]2CCC[C@H]2O)CC1. The number of nitrogens with zero attached hydrogens (tertiary/aromatic N) is 2. The second kappa shape index (κ2) is 7.92. The van der Waals surface area contributed by atoms with Crippen LogP contribution in [0.2, 0.25) is 0 Å². The molecule has 0 aromatic heterocycles. The molecule has 1 N–H and O–H groups in total. The van der Waals surface area contributed by atoms with Crippen LogP contribution in [0.5, 0.6) is 0 Å². The van der Waals surface area contributed by atoms with Gasteiger partial charge in [-0.2, -0.15) is 0 Å². The molecular formula is C17H30N2O4. The van der Waals surface area contributed by atoms with E-state index in [2.05, 4.69) is 4.90 Å². The predicted molar refractivity (Wildman–Crippen MR) is 86.2 cm³/mol. The van der Waals surface area contributed by atoms with E-state index in [1.54, 1.807) is 0 Å². The second-order valence-corrected chi connectivity index (χ2v) is 7.04. The van der Waals surface area contributed by atoms with Gasteiger partial charge in [0.25, 0.3) is 5.91 Å². The fraction of sp³-hybridized carbons (Fsp3) is 0.941. The van der Waals surface area contributed by atoms with Crippen molar-refractivity contribution in [3.63, 3.8) is 0 Å². The number of carbonyl (C=O) groups excluding carboxylic acids is 1. The first-order valence-corrected chi connectivity index (χ1v) is 9.09. The van der Waals surface area contributed by atoms with Crippen LogP contribution in [0, 0.1) is 0 Å². The summed E-state index contributed by atoms with van der Waals surface area (Å²) in [5.41, 5.74) is 0. The van der Waals surface area contributed by atoms with Crippen molar-refractivity contribution >= 4 is 5.91 Å². The van der Waals surface area contributed by atoms with Gasteiger partial charge in [-0.1, -0.05) is 0 Å². The van der Waals surface area contributed by atoms with E-state index in [9.17, 15) is 9.90 Å². The minimum absolute atomic E-state index is 0.0783. The molecule has 6 heteroatoms. The lowest BCUT2D eigenvalue weighted by molar-refractivity contribution is -0.146. The van der Waals surface area contributed by atoms with Crippen molar-refractivity contribution in [2.45, 2.75) is 63.4 Å². The molecule has 0 unspecified atom stereocenters. The largest absolute Gasteiger partial charge is 0.391 e. The monoisotopic (exact) mass is 326 g/mol. The molecule has 1 aliphatic carbocycles. The van der Waals surface area contributed by atoms with Crippen LogP contribution in [0.3, 0.4) is 0 Å². The molecule has 3 aliphatic rings. The van der Waals surface area contributed by atoms with E-state index in [-0.39, 0.29) is 18.1 Å². The van der Waals surface area contributed by atoms with Gasteiger partial charge in [-0.05, 0) is 39.0 Å². The zero-order valence-corrected chi connectivity index (χ0v) is 14.2. The molecule has 2 heterocycles. The van der Waals surface area contributed by atoms with Crippen LogP contribution < -0.4 is 0 Å². The predicted octanol–water partition coefficient (Wildman–Crippen LogP) is 0.628. The summed E-state index contributed by atoms with van der Waals surface area (Å²) in [5, 5.41) is 10.0. The first kappa shape index (κ1) is 17.1. The molecule has 3 rings (SSSR count). The van der Waals surface area contributed by atoms with Gasteiger partial charge in [0.15, 0.2) is 0 Å². The number of rotatable bonds is 5. The average Bonchev–Trinajstić information content (AvgIpc) is 3.23. The van der Waals surface area contributed by atoms with Gasteiger partial charge in [0.2, 0.25) is 0 Å². The molecule has 0 radical (unpaired) electrons. The normalized spacial score (nSPS) is 34.0. The van der Waals surface area contributed by atoms with Crippen molar-refractivity contribution in [1.29, 1.82) is 0 Å². The molecule has 1 amide bonds. The highest BCUT2D eigenvalue weighted by atomic mass is 16.5. The topological polar surface area (TPSA) is 62.2 Å². The van der Waals surface area contributed by atoms with Crippen LogP contribution in [0.25, 0.3) is 0 Å². The molecule has 0 spiro atoms. The zero-order valence-electron chi connectivity index (χ0n) is 14.2. The molecule has 23 heavy (non-hydrogen) atoms. The Hall–Kier alpha value is -0.690. The Balaban J connectivity index is 1.40. The fourth-order valence-electron chi connectivity index (χ4n) is 3.98. The fourth-order valence-corrected chi connectivity index (χ4v) is 3.98. The van der Waals surface area contributed by atoms with Crippen molar-refractivity contribution in [2.24, 2.45) is 0 Å². The van der Waals surface area contributed by atoms with Gasteiger partial charge < -0.3 is 19.5 Å². The number of piperazine rings is 1. The Morgan fingerprint density at radius 1 is 1.22 bits per heavy atom. The summed E-state index contributed by atoms with van der Waals surface area (Å²) in [6, 6.07) is 0.292. The van der Waals surface area contributed by atoms with Gasteiger partial charge in [0.05, 0.1) is 18.8 Å².